The molecule has 143 valence electrons. The maximum atomic E-state index is 11.5. The molecule has 4 nitrogen and oxygen atoms in total. The molecule has 0 bridgehead atoms. The van der Waals surface area contributed by atoms with Gasteiger partial charge < -0.3 is 10.5 Å². The standard InChI is InChI=1S/C19H37NO3S.Na/c1-2-3-4-5-6-7-8-9-10-11-12-13-14-15-18(21)23-19(22)17(20)16-24;/h17,24H,2-16,20H2,1H3;/t17-;/m0./s1. The fourth-order valence-electron chi connectivity index (χ4n) is 2.60. The summed E-state index contributed by atoms with van der Waals surface area (Å²) < 4.78 is 4.66. The topological polar surface area (TPSA) is 69.4 Å². The molecule has 0 aromatic heterocycles. The third-order valence-electron chi connectivity index (χ3n) is 4.20. The second-order valence-electron chi connectivity index (χ2n) is 6.57. The molecule has 0 fully saturated rings. The van der Waals surface area contributed by atoms with E-state index in [9.17, 15) is 9.59 Å². The predicted molar refractivity (Wildman–Crippen MR) is 109 cm³/mol. The van der Waals surface area contributed by atoms with Crippen LogP contribution in [-0.2, 0) is 14.3 Å². The van der Waals surface area contributed by atoms with Gasteiger partial charge in [-0.05, 0) is 6.42 Å². The number of hydrogen-bond acceptors (Lipinski definition) is 5. The van der Waals surface area contributed by atoms with Crippen molar-refractivity contribution in [2.45, 2.75) is 103 Å². The van der Waals surface area contributed by atoms with E-state index in [0.717, 1.165) is 19.3 Å². The first kappa shape index (κ1) is 27.7. The number of nitrogens with two attached hydrogens (primary N) is 1. The monoisotopic (exact) mass is 382 g/mol. The molecular formula is C19H37NNaO3S. The molecule has 0 aliphatic carbocycles. The summed E-state index contributed by atoms with van der Waals surface area (Å²) in [5, 5.41) is 0. The van der Waals surface area contributed by atoms with E-state index in [2.05, 4.69) is 24.3 Å². The second-order valence-corrected chi connectivity index (χ2v) is 6.94. The van der Waals surface area contributed by atoms with Crippen LogP contribution in [0.15, 0.2) is 0 Å². The Kier molecular flexibility index (Phi) is 23.0. The van der Waals surface area contributed by atoms with Crippen molar-refractivity contribution in [2.24, 2.45) is 5.73 Å². The zero-order valence-corrected chi connectivity index (χ0v) is 19.3. The molecule has 0 aromatic carbocycles. The van der Waals surface area contributed by atoms with Crippen LogP contribution in [0.25, 0.3) is 0 Å². The van der Waals surface area contributed by atoms with Crippen LogP contribution in [0, 0.1) is 0 Å². The van der Waals surface area contributed by atoms with Gasteiger partial charge in [0.2, 0.25) is 0 Å². The minimum atomic E-state index is -0.816. The molecule has 0 saturated carbocycles. The van der Waals surface area contributed by atoms with Crippen molar-refractivity contribution in [3.8, 4) is 0 Å². The van der Waals surface area contributed by atoms with Gasteiger partial charge in [0.1, 0.15) is 6.04 Å². The summed E-state index contributed by atoms with van der Waals surface area (Å²) in [6, 6.07) is -0.816. The van der Waals surface area contributed by atoms with Crippen LogP contribution in [0.5, 0.6) is 0 Å². The summed E-state index contributed by atoms with van der Waals surface area (Å²) in [6.07, 6.45) is 16.7. The molecule has 0 heterocycles. The third-order valence-corrected chi connectivity index (χ3v) is 4.59. The largest absolute Gasteiger partial charge is 0.392 e. The molecule has 0 aromatic rings. The van der Waals surface area contributed by atoms with Crippen LogP contribution in [0.3, 0.4) is 0 Å². The summed E-state index contributed by atoms with van der Waals surface area (Å²) in [5.74, 6) is -0.963. The molecule has 2 N–H and O–H groups in total. The fourth-order valence-corrected chi connectivity index (χ4v) is 2.75. The van der Waals surface area contributed by atoms with Gasteiger partial charge in [-0.3, -0.25) is 4.79 Å². The van der Waals surface area contributed by atoms with E-state index >= 15 is 0 Å². The van der Waals surface area contributed by atoms with Gasteiger partial charge in [-0.1, -0.05) is 84.0 Å². The zero-order valence-electron chi connectivity index (χ0n) is 16.4. The number of hydrogen-bond donors (Lipinski definition) is 2. The van der Waals surface area contributed by atoms with Crippen molar-refractivity contribution in [3.63, 3.8) is 0 Å². The van der Waals surface area contributed by atoms with Crippen molar-refractivity contribution < 1.29 is 14.3 Å². The number of rotatable bonds is 16. The maximum absolute atomic E-state index is 11.5. The van der Waals surface area contributed by atoms with E-state index in [-0.39, 0.29) is 35.3 Å². The molecule has 25 heavy (non-hydrogen) atoms. The van der Waals surface area contributed by atoms with Crippen molar-refractivity contribution in [1.29, 1.82) is 0 Å². The van der Waals surface area contributed by atoms with Gasteiger partial charge in [0, 0.05) is 41.7 Å². The first-order chi connectivity index (χ1) is 11.6. The molecular weight excluding hydrogens is 345 g/mol. The SMILES string of the molecule is CCCCCCCCCCCCCCCC(=O)OC(=O)[C@@H](N)CS.[Na]. The average molecular weight is 383 g/mol. The number of thiol groups is 1. The van der Waals surface area contributed by atoms with E-state index in [0.29, 0.717) is 6.42 Å². The third kappa shape index (κ3) is 19.0. The smallest absolute Gasteiger partial charge is 0.331 e. The molecule has 1 radical (unpaired) electrons. The van der Waals surface area contributed by atoms with Crippen molar-refractivity contribution in [1.82, 2.24) is 0 Å². The van der Waals surface area contributed by atoms with Gasteiger partial charge in [0.15, 0.2) is 0 Å². The summed E-state index contributed by atoms with van der Waals surface area (Å²) in [4.78, 5) is 22.8. The Labute approximate surface area is 182 Å². The molecule has 0 aliphatic rings. The first-order valence-electron chi connectivity index (χ1n) is 9.72. The maximum Gasteiger partial charge on any atom is 0.331 e. The number of ether oxygens (including phenoxy) is 1. The molecule has 0 saturated heterocycles. The van der Waals surface area contributed by atoms with Gasteiger partial charge in [0.05, 0.1) is 0 Å². The van der Waals surface area contributed by atoms with Gasteiger partial charge in [-0.25, -0.2) is 4.79 Å². The zero-order chi connectivity index (χ0) is 18.0. The quantitative estimate of drug-likeness (QED) is 0.136. The van der Waals surface area contributed by atoms with Gasteiger partial charge in [-0.2, -0.15) is 12.6 Å². The summed E-state index contributed by atoms with van der Waals surface area (Å²) >= 11 is 3.90. The molecule has 0 unspecified atom stereocenters. The van der Waals surface area contributed by atoms with Gasteiger partial charge >= 0.3 is 11.9 Å². The summed E-state index contributed by atoms with van der Waals surface area (Å²) in [5.41, 5.74) is 5.44. The van der Waals surface area contributed by atoms with Gasteiger partial charge in [-0.15, -0.1) is 0 Å². The minimum absolute atomic E-state index is 0. The molecule has 0 spiro atoms. The Morgan fingerprint density at radius 2 is 1.24 bits per heavy atom. The van der Waals surface area contributed by atoms with Crippen molar-refractivity contribution in [2.75, 3.05) is 5.75 Å². The summed E-state index contributed by atoms with van der Waals surface area (Å²) in [7, 11) is 0. The van der Waals surface area contributed by atoms with E-state index in [1.807, 2.05) is 0 Å². The number of esters is 2. The van der Waals surface area contributed by atoms with E-state index in [4.69, 9.17) is 5.73 Å². The number of carbonyl (C=O) groups excluding carboxylic acids is 2. The molecule has 0 rings (SSSR count). The molecule has 0 amide bonds. The van der Waals surface area contributed by atoms with Crippen molar-refractivity contribution >= 4 is 54.1 Å². The Bertz CT molecular complexity index is 330. The Morgan fingerprint density at radius 3 is 1.64 bits per heavy atom. The van der Waals surface area contributed by atoms with Crippen LogP contribution < -0.4 is 5.73 Å². The summed E-state index contributed by atoms with van der Waals surface area (Å²) in [6.45, 7) is 2.25. The van der Waals surface area contributed by atoms with E-state index in [1.54, 1.807) is 0 Å². The van der Waals surface area contributed by atoms with Crippen molar-refractivity contribution in [3.05, 3.63) is 0 Å². The van der Waals surface area contributed by atoms with Crippen LogP contribution in [0.1, 0.15) is 96.8 Å². The fraction of sp³-hybridized carbons (Fsp3) is 0.895. The predicted octanol–water partition coefficient (Wildman–Crippen LogP) is 4.41. The number of unbranched alkanes of at least 4 members (excludes halogenated alkanes) is 12. The molecule has 1 atom stereocenters. The molecule has 6 heteroatoms. The van der Waals surface area contributed by atoms with E-state index < -0.39 is 18.0 Å². The van der Waals surface area contributed by atoms with Crippen LogP contribution in [0.2, 0.25) is 0 Å². The number of carbonyl (C=O) groups is 2. The minimum Gasteiger partial charge on any atom is -0.392 e. The Hall–Kier alpha value is 0.450. The Balaban J connectivity index is 0. The van der Waals surface area contributed by atoms with Crippen LogP contribution >= 0.6 is 12.6 Å². The second kappa shape index (κ2) is 20.8. The Morgan fingerprint density at radius 1 is 0.840 bits per heavy atom. The van der Waals surface area contributed by atoms with Gasteiger partial charge in [0.25, 0.3) is 0 Å². The first-order valence-corrected chi connectivity index (χ1v) is 10.4. The normalized spacial score (nSPS) is 11.6. The molecule has 0 aliphatic heterocycles. The average Bonchev–Trinajstić information content (AvgIpc) is 2.58. The van der Waals surface area contributed by atoms with Crippen LogP contribution in [-0.4, -0.2) is 53.3 Å². The van der Waals surface area contributed by atoms with Crippen LogP contribution in [0.4, 0.5) is 0 Å². The van der Waals surface area contributed by atoms with E-state index in [1.165, 1.54) is 64.2 Å².